The van der Waals surface area contributed by atoms with Crippen LogP contribution in [0.2, 0.25) is 5.02 Å². The Hall–Kier alpha value is -3.14. The van der Waals surface area contributed by atoms with Crippen LogP contribution in [-0.2, 0) is 11.2 Å². The van der Waals surface area contributed by atoms with Crippen molar-refractivity contribution in [3.8, 4) is 17.3 Å². The third-order valence-electron chi connectivity index (χ3n) is 4.42. The maximum Gasteiger partial charge on any atom is 0.339 e. The van der Waals surface area contributed by atoms with E-state index in [1.165, 1.54) is 11.3 Å². The van der Waals surface area contributed by atoms with Crippen LogP contribution in [-0.4, -0.2) is 22.2 Å². The first-order valence-electron chi connectivity index (χ1n) is 8.41. The number of cyclic esters (lactones) is 1. The molecule has 2 heterocycles. The normalized spacial score (nSPS) is 16.6. The highest BCUT2D eigenvalue weighted by Crippen LogP contribution is 2.31. The lowest BCUT2D eigenvalue weighted by atomic mass is 9.96. The first kappa shape index (κ1) is 18.2. The number of nitrogens with zero attached hydrogens (tertiary/aromatic N) is 2. The molecule has 0 saturated carbocycles. The van der Waals surface area contributed by atoms with Gasteiger partial charge >= 0.3 is 5.97 Å². The highest BCUT2D eigenvalue weighted by atomic mass is 35.5. The summed E-state index contributed by atoms with van der Waals surface area (Å²) in [6.07, 6.45) is -0.617. The van der Waals surface area contributed by atoms with Gasteiger partial charge in [-0.3, -0.25) is 0 Å². The molecule has 1 aromatic heterocycles. The molecule has 0 fully saturated rings. The Morgan fingerprint density at radius 3 is 2.75 bits per heavy atom. The van der Waals surface area contributed by atoms with E-state index in [0.29, 0.717) is 27.7 Å². The van der Waals surface area contributed by atoms with Crippen molar-refractivity contribution in [3.05, 3.63) is 80.8 Å². The standard InChI is InChI=1S/C21H13ClN2O3S/c22-14-7-5-12(6-8-14)17-11-28-20(24-17)16(10-23)19(25)18-9-13-3-1-2-4-15(13)21(26)27-18/h1-8,11,18,25H,9H2/b19-16-. The monoisotopic (exact) mass is 408 g/mol. The van der Waals surface area contributed by atoms with Crippen molar-refractivity contribution in [3.63, 3.8) is 0 Å². The number of rotatable bonds is 3. The molecule has 0 bridgehead atoms. The molecule has 2 aromatic carbocycles. The molecule has 0 spiro atoms. The van der Waals surface area contributed by atoms with E-state index in [0.717, 1.165) is 11.1 Å². The molecule has 4 rings (SSSR count). The number of carbonyl (C=O) groups excluding carboxylic acids is 1. The minimum Gasteiger partial charge on any atom is -0.507 e. The number of allylic oxidation sites excluding steroid dienone is 1. The van der Waals surface area contributed by atoms with Crippen LogP contribution in [0, 0.1) is 11.3 Å². The first-order chi connectivity index (χ1) is 13.6. The predicted molar refractivity (Wildman–Crippen MR) is 107 cm³/mol. The molecule has 1 aliphatic rings. The van der Waals surface area contributed by atoms with E-state index in [9.17, 15) is 15.2 Å². The maximum absolute atomic E-state index is 12.2. The predicted octanol–water partition coefficient (Wildman–Crippen LogP) is 5.04. The van der Waals surface area contributed by atoms with E-state index in [4.69, 9.17) is 16.3 Å². The Bertz CT molecular complexity index is 1130. The first-order valence-corrected chi connectivity index (χ1v) is 9.66. The van der Waals surface area contributed by atoms with E-state index in [1.54, 1.807) is 29.6 Å². The number of benzene rings is 2. The van der Waals surface area contributed by atoms with Crippen LogP contribution in [0.15, 0.2) is 59.7 Å². The zero-order valence-electron chi connectivity index (χ0n) is 14.4. The minimum atomic E-state index is -0.917. The van der Waals surface area contributed by atoms with Gasteiger partial charge in [-0.25, -0.2) is 9.78 Å². The highest BCUT2D eigenvalue weighted by Gasteiger charge is 2.31. The number of fused-ring (bicyclic) bond motifs is 1. The molecule has 7 heteroatoms. The van der Waals surface area contributed by atoms with Crippen molar-refractivity contribution >= 4 is 34.5 Å². The lowest BCUT2D eigenvalue weighted by Gasteiger charge is -2.24. The van der Waals surface area contributed by atoms with Gasteiger partial charge in [0.1, 0.15) is 16.6 Å². The van der Waals surface area contributed by atoms with E-state index in [-0.39, 0.29) is 11.3 Å². The van der Waals surface area contributed by atoms with Gasteiger partial charge in [-0.05, 0) is 23.8 Å². The van der Waals surface area contributed by atoms with Gasteiger partial charge in [0.2, 0.25) is 0 Å². The maximum atomic E-state index is 12.2. The molecule has 1 atom stereocenters. The highest BCUT2D eigenvalue weighted by molar-refractivity contribution is 7.11. The Morgan fingerprint density at radius 2 is 2.00 bits per heavy atom. The van der Waals surface area contributed by atoms with Crippen LogP contribution >= 0.6 is 22.9 Å². The van der Waals surface area contributed by atoms with Gasteiger partial charge in [0.05, 0.1) is 11.3 Å². The van der Waals surface area contributed by atoms with Crippen molar-refractivity contribution in [2.75, 3.05) is 0 Å². The second-order valence-corrected chi connectivity index (χ2v) is 7.47. The average molecular weight is 409 g/mol. The van der Waals surface area contributed by atoms with Crippen LogP contribution in [0.5, 0.6) is 0 Å². The zero-order valence-corrected chi connectivity index (χ0v) is 16.0. The molecule has 5 nitrogen and oxygen atoms in total. The fourth-order valence-electron chi connectivity index (χ4n) is 3.00. The number of hydrogen-bond donors (Lipinski definition) is 1. The number of esters is 1. The second kappa shape index (κ2) is 7.47. The summed E-state index contributed by atoms with van der Waals surface area (Å²) in [5.74, 6) is -0.806. The van der Waals surface area contributed by atoms with Crippen LogP contribution in [0.1, 0.15) is 20.9 Å². The van der Waals surface area contributed by atoms with E-state index < -0.39 is 12.1 Å². The van der Waals surface area contributed by atoms with Gasteiger partial charge < -0.3 is 9.84 Å². The summed E-state index contributed by atoms with van der Waals surface area (Å²) in [6.45, 7) is 0. The van der Waals surface area contributed by atoms with Crippen LogP contribution in [0.4, 0.5) is 0 Å². The van der Waals surface area contributed by atoms with E-state index in [2.05, 4.69) is 4.98 Å². The van der Waals surface area contributed by atoms with Crippen molar-refractivity contribution in [2.45, 2.75) is 12.5 Å². The molecule has 0 amide bonds. The second-order valence-electron chi connectivity index (χ2n) is 6.17. The number of hydrogen-bond acceptors (Lipinski definition) is 6. The quantitative estimate of drug-likeness (QED) is 0.373. The summed E-state index contributed by atoms with van der Waals surface area (Å²) in [7, 11) is 0. The number of carbonyl (C=O) groups is 1. The topological polar surface area (TPSA) is 83.2 Å². The van der Waals surface area contributed by atoms with Gasteiger partial charge in [-0.15, -0.1) is 11.3 Å². The van der Waals surface area contributed by atoms with E-state index in [1.807, 2.05) is 30.3 Å². The smallest absolute Gasteiger partial charge is 0.339 e. The number of thiazole rings is 1. The van der Waals surface area contributed by atoms with Gasteiger partial charge in [0, 0.05) is 22.4 Å². The fraction of sp³-hybridized carbons (Fsp3) is 0.0952. The van der Waals surface area contributed by atoms with E-state index >= 15 is 0 Å². The summed E-state index contributed by atoms with van der Waals surface area (Å²) < 4.78 is 5.35. The summed E-state index contributed by atoms with van der Waals surface area (Å²) >= 11 is 7.14. The number of nitriles is 1. The zero-order chi connectivity index (χ0) is 19.7. The summed E-state index contributed by atoms with van der Waals surface area (Å²) in [6, 6.07) is 16.2. The molecule has 138 valence electrons. The molecule has 0 saturated heterocycles. The number of halogens is 1. The lowest BCUT2D eigenvalue weighted by Crippen LogP contribution is -2.29. The Morgan fingerprint density at radius 1 is 1.25 bits per heavy atom. The Balaban J connectivity index is 1.67. The van der Waals surface area contributed by atoms with Crippen molar-refractivity contribution in [1.29, 1.82) is 5.26 Å². The average Bonchev–Trinajstić information content (AvgIpc) is 3.19. The number of ether oxygens (including phenoxy) is 1. The third kappa shape index (κ3) is 3.38. The minimum absolute atomic E-state index is 0.00222. The summed E-state index contributed by atoms with van der Waals surface area (Å²) in [5.41, 5.74) is 2.77. The van der Waals surface area contributed by atoms with Gasteiger partial charge in [0.25, 0.3) is 0 Å². The van der Waals surface area contributed by atoms with Crippen LogP contribution < -0.4 is 0 Å². The Kier molecular flexibility index (Phi) is 4.86. The molecule has 1 unspecified atom stereocenters. The molecule has 3 aromatic rings. The number of aromatic nitrogens is 1. The van der Waals surface area contributed by atoms with Crippen molar-refractivity contribution in [2.24, 2.45) is 0 Å². The van der Waals surface area contributed by atoms with Gasteiger partial charge in [0.15, 0.2) is 11.9 Å². The lowest BCUT2D eigenvalue weighted by molar-refractivity contribution is 0.0251. The molecule has 0 radical (unpaired) electrons. The van der Waals surface area contributed by atoms with Crippen molar-refractivity contribution in [1.82, 2.24) is 4.98 Å². The number of aliphatic hydroxyl groups excluding tert-OH is 1. The number of aliphatic hydroxyl groups is 1. The van der Waals surface area contributed by atoms with Gasteiger partial charge in [-0.2, -0.15) is 5.26 Å². The third-order valence-corrected chi connectivity index (χ3v) is 5.53. The Labute approximate surface area is 170 Å². The van der Waals surface area contributed by atoms with Crippen LogP contribution in [0.3, 0.4) is 0 Å². The molecule has 1 N–H and O–H groups in total. The molecule has 0 aliphatic carbocycles. The SMILES string of the molecule is N#C/C(=C(/O)C1Cc2ccccc2C(=O)O1)c1nc(-c2ccc(Cl)cc2)cs1. The fourth-order valence-corrected chi connectivity index (χ4v) is 3.96. The van der Waals surface area contributed by atoms with Crippen LogP contribution in [0.25, 0.3) is 16.8 Å². The van der Waals surface area contributed by atoms with Gasteiger partial charge in [-0.1, -0.05) is 41.9 Å². The molecule has 28 heavy (non-hydrogen) atoms. The molecular weight excluding hydrogens is 396 g/mol. The largest absolute Gasteiger partial charge is 0.507 e. The summed E-state index contributed by atoms with van der Waals surface area (Å²) in [5, 5.41) is 23.1. The van der Waals surface area contributed by atoms with Crippen molar-refractivity contribution < 1.29 is 14.6 Å². The molecular formula is C21H13ClN2O3S. The summed E-state index contributed by atoms with van der Waals surface area (Å²) in [4.78, 5) is 16.7. The molecule has 1 aliphatic heterocycles.